The molecule has 1 aliphatic carbocycles. The molecular formula is C18H28N2. The van der Waals surface area contributed by atoms with Gasteiger partial charge in [0.1, 0.15) is 0 Å². The molecule has 2 aliphatic rings. The second kappa shape index (κ2) is 6.73. The number of hydrogen-bond acceptors (Lipinski definition) is 2. The third kappa shape index (κ3) is 4.07. The summed E-state index contributed by atoms with van der Waals surface area (Å²) in [5.74, 6) is 1.62. The molecule has 20 heavy (non-hydrogen) atoms. The lowest BCUT2D eigenvalue weighted by atomic mass is 10.0. The van der Waals surface area contributed by atoms with Crippen LogP contribution in [0.4, 0.5) is 0 Å². The van der Waals surface area contributed by atoms with Crippen molar-refractivity contribution in [1.82, 2.24) is 10.2 Å². The Morgan fingerprint density at radius 3 is 2.60 bits per heavy atom. The first kappa shape index (κ1) is 14.1. The molecule has 2 atom stereocenters. The van der Waals surface area contributed by atoms with Gasteiger partial charge in [0.25, 0.3) is 0 Å². The maximum atomic E-state index is 3.65. The Balaban J connectivity index is 1.56. The van der Waals surface area contributed by atoms with Crippen LogP contribution in [0.1, 0.15) is 44.1 Å². The molecule has 3 rings (SSSR count). The molecule has 2 nitrogen and oxygen atoms in total. The molecule has 1 saturated heterocycles. The van der Waals surface area contributed by atoms with Crippen molar-refractivity contribution in [3.63, 3.8) is 0 Å². The van der Waals surface area contributed by atoms with E-state index in [-0.39, 0.29) is 0 Å². The lowest BCUT2D eigenvalue weighted by Crippen LogP contribution is -2.40. The summed E-state index contributed by atoms with van der Waals surface area (Å²) < 4.78 is 0. The predicted octanol–water partition coefficient (Wildman–Crippen LogP) is 3.25. The fourth-order valence-corrected chi connectivity index (χ4v) is 3.39. The maximum Gasteiger partial charge on any atom is 0.0195 e. The van der Waals surface area contributed by atoms with Crippen LogP contribution < -0.4 is 5.32 Å². The van der Waals surface area contributed by atoms with Gasteiger partial charge in [0.15, 0.2) is 0 Å². The van der Waals surface area contributed by atoms with Gasteiger partial charge in [0.2, 0.25) is 0 Å². The molecule has 0 aromatic heterocycles. The summed E-state index contributed by atoms with van der Waals surface area (Å²) in [7, 11) is 0. The normalized spacial score (nSPS) is 24.2. The van der Waals surface area contributed by atoms with Crippen molar-refractivity contribution in [3.8, 4) is 0 Å². The molecule has 1 heterocycles. The van der Waals surface area contributed by atoms with Crippen LogP contribution in [0.5, 0.6) is 0 Å². The van der Waals surface area contributed by atoms with Gasteiger partial charge in [-0.1, -0.05) is 37.3 Å². The van der Waals surface area contributed by atoms with E-state index in [2.05, 4.69) is 47.5 Å². The molecule has 110 valence electrons. The van der Waals surface area contributed by atoms with Crippen molar-refractivity contribution in [2.24, 2.45) is 5.92 Å². The molecule has 2 heteroatoms. The molecule has 0 bridgehead atoms. The molecule has 1 aromatic carbocycles. The maximum absolute atomic E-state index is 3.65. The van der Waals surface area contributed by atoms with E-state index < -0.39 is 0 Å². The minimum absolute atomic E-state index is 0.636. The highest BCUT2D eigenvalue weighted by molar-refractivity contribution is 5.19. The van der Waals surface area contributed by atoms with Crippen LogP contribution in [0, 0.1) is 5.92 Å². The smallest absolute Gasteiger partial charge is 0.0195 e. The zero-order valence-electron chi connectivity index (χ0n) is 12.7. The molecule has 1 aromatic rings. The fourth-order valence-electron chi connectivity index (χ4n) is 3.39. The van der Waals surface area contributed by atoms with Crippen molar-refractivity contribution in [3.05, 3.63) is 35.9 Å². The van der Waals surface area contributed by atoms with Gasteiger partial charge in [0, 0.05) is 25.7 Å². The fraction of sp³-hybridized carbons (Fsp3) is 0.667. The van der Waals surface area contributed by atoms with Gasteiger partial charge in [-0.05, 0) is 49.6 Å². The number of benzene rings is 1. The molecule has 1 aliphatic heterocycles. The first-order valence-electron chi connectivity index (χ1n) is 8.32. The van der Waals surface area contributed by atoms with Crippen molar-refractivity contribution in [2.45, 2.75) is 44.6 Å². The number of nitrogens with zero attached hydrogens (tertiary/aromatic N) is 1. The Morgan fingerprint density at radius 1 is 1.15 bits per heavy atom. The Hall–Kier alpha value is -0.860. The summed E-state index contributed by atoms with van der Waals surface area (Å²) in [6.07, 6.45) is 5.62. The van der Waals surface area contributed by atoms with Crippen LogP contribution in [0.15, 0.2) is 30.3 Å². The molecule has 0 spiro atoms. The number of nitrogens with one attached hydrogen (secondary N) is 1. The van der Waals surface area contributed by atoms with E-state index in [9.17, 15) is 0 Å². The van der Waals surface area contributed by atoms with Crippen LogP contribution in [0.25, 0.3) is 0 Å². The average Bonchev–Trinajstić information content (AvgIpc) is 3.13. The Bertz CT molecular complexity index is 393. The van der Waals surface area contributed by atoms with Gasteiger partial charge in [0.05, 0.1) is 0 Å². The largest absolute Gasteiger partial charge is 0.313 e. The number of hydrogen-bond donors (Lipinski definition) is 1. The Morgan fingerprint density at radius 2 is 1.95 bits per heavy atom. The van der Waals surface area contributed by atoms with Crippen LogP contribution in [-0.2, 0) is 0 Å². The summed E-state index contributed by atoms with van der Waals surface area (Å²) in [6, 6.07) is 11.7. The SMILES string of the molecule is CC(CN(CC1CC1)CC1CCCN1)c1ccccc1. The monoisotopic (exact) mass is 272 g/mol. The van der Waals surface area contributed by atoms with E-state index in [0.717, 1.165) is 12.0 Å². The van der Waals surface area contributed by atoms with E-state index in [4.69, 9.17) is 0 Å². The molecule has 1 N–H and O–H groups in total. The second-order valence-electron chi connectivity index (χ2n) is 6.77. The van der Waals surface area contributed by atoms with Gasteiger partial charge in [-0.15, -0.1) is 0 Å². The quantitative estimate of drug-likeness (QED) is 0.819. The van der Waals surface area contributed by atoms with Crippen LogP contribution in [0.3, 0.4) is 0 Å². The Labute approximate surface area is 123 Å². The molecular weight excluding hydrogens is 244 g/mol. The van der Waals surface area contributed by atoms with Crippen molar-refractivity contribution < 1.29 is 0 Å². The van der Waals surface area contributed by atoms with Gasteiger partial charge < -0.3 is 10.2 Å². The van der Waals surface area contributed by atoms with Crippen LogP contribution >= 0.6 is 0 Å². The molecule has 1 saturated carbocycles. The van der Waals surface area contributed by atoms with E-state index in [1.54, 1.807) is 0 Å². The van der Waals surface area contributed by atoms with Gasteiger partial charge in [-0.3, -0.25) is 0 Å². The lowest BCUT2D eigenvalue weighted by Gasteiger charge is -2.28. The molecule has 2 unspecified atom stereocenters. The van der Waals surface area contributed by atoms with E-state index >= 15 is 0 Å². The highest BCUT2D eigenvalue weighted by Gasteiger charge is 2.27. The van der Waals surface area contributed by atoms with Crippen molar-refractivity contribution >= 4 is 0 Å². The third-order valence-corrected chi connectivity index (χ3v) is 4.75. The summed E-state index contributed by atoms with van der Waals surface area (Å²) in [5.41, 5.74) is 1.48. The average molecular weight is 272 g/mol. The zero-order valence-corrected chi connectivity index (χ0v) is 12.7. The van der Waals surface area contributed by atoms with Gasteiger partial charge >= 0.3 is 0 Å². The first-order valence-corrected chi connectivity index (χ1v) is 8.32. The highest BCUT2D eigenvalue weighted by Crippen LogP contribution is 2.30. The molecule has 2 fully saturated rings. The van der Waals surface area contributed by atoms with E-state index in [1.807, 2.05) is 0 Å². The zero-order chi connectivity index (χ0) is 13.8. The summed E-state index contributed by atoms with van der Waals surface area (Å²) in [5, 5.41) is 3.65. The van der Waals surface area contributed by atoms with E-state index in [1.165, 1.54) is 57.4 Å². The minimum atomic E-state index is 0.636. The standard InChI is InChI=1S/C18H28N2/c1-15(17-6-3-2-4-7-17)12-20(13-16-9-10-16)14-18-8-5-11-19-18/h2-4,6-7,15-16,18-19H,5,8-14H2,1H3. The summed E-state index contributed by atoms with van der Waals surface area (Å²) in [4.78, 5) is 2.72. The van der Waals surface area contributed by atoms with E-state index in [0.29, 0.717) is 5.92 Å². The van der Waals surface area contributed by atoms with Crippen LogP contribution in [-0.4, -0.2) is 37.1 Å². The topological polar surface area (TPSA) is 15.3 Å². The van der Waals surface area contributed by atoms with Crippen molar-refractivity contribution in [1.29, 1.82) is 0 Å². The highest BCUT2D eigenvalue weighted by atomic mass is 15.2. The molecule has 0 radical (unpaired) electrons. The summed E-state index contributed by atoms with van der Waals surface area (Å²) in [6.45, 7) is 7.36. The third-order valence-electron chi connectivity index (χ3n) is 4.75. The van der Waals surface area contributed by atoms with Gasteiger partial charge in [-0.2, -0.15) is 0 Å². The second-order valence-corrected chi connectivity index (χ2v) is 6.77. The first-order chi connectivity index (χ1) is 9.81. The number of rotatable bonds is 7. The predicted molar refractivity (Wildman–Crippen MR) is 85.0 cm³/mol. The lowest BCUT2D eigenvalue weighted by molar-refractivity contribution is 0.229. The Kier molecular flexibility index (Phi) is 4.74. The van der Waals surface area contributed by atoms with Crippen molar-refractivity contribution in [2.75, 3.05) is 26.2 Å². The molecule has 0 amide bonds. The van der Waals surface area contributed by atoms with Gasteiger partial charge in [-0.25, -0.2) is 0 Å². The summed E-state index contributed by atoms with van der Waals surface area (Å²) >= 11 is 0. The minimum Gasteiger partial charge on any atom is -0.313 e. The van der Waals surface area contributed by atoms with Crippen LogP contribution in [0.2, 0.25) is 0 Å².